The number of benzene rings is 1. The smallest absolute Gasteiger partial charge is 0.331 e. The number of carboxylic acid groups (broad SMARTS) is 1. The van der Waals surface area contributed by atoms with Crippen LogP contribution in [0, 0.1) is 0 Å². The van der Waals surface area contributed by atoms with Gasteiger partial charge in [0.25, 0.3) is 0 Å². The molecule has 1 saturated heterocycles. The van der Waals surface area contributed by atoms with Gasteiger partial charge in [-0.25, -0.2) is 4.79 Å². The molecule has 1 aliphatic heterocycles. The van der Waals surface area contributed by atoms with E-state index < -0.39 is 11.5 Å². The average molecular weight is 256 g/mol. The largest absolute Gasteiger partial charge is 0.479 e. The normalized spacial score (nSPS) is 24.3. The number of rotatable bonds is 3. The molecule has 0 spiro atoms. The number of carboxylic acids is 1. The lowest BCUT2D eigenvalue weighted by atomic mass is 9.92. The monoisotopic (exact) mass is 255 g/mol. The second-order valence-corrected chi connectivity index (χ2v) is 4.62. The van der Waals surface area contributed by atoms with Crippen LogP contribution >= 0.6 is 11.6 Å². The Kier molecular flexibility index (Phi) is 3.54. The maximum Gasteiger partial charge on any atom is 0.331 e. The Balaban J connectivity index is 2.20. The van der Waals surface area contributed by atoms with E-state index in [-0.39, 0.29) is 6.61 Å². The third kappa shape index (κ3) is 2.70. The molecule has 1 fully saturated rings. The van der Waals surface area contributed by atoms with Crippen molar-refractivity contribution < 1.29 is 14.6 Å². The van der Waals surface area contributed by atoms with Crippen LogP contribution in [0.3, 0.4) is 0 Å². The fraction of sp³-hybridized carbons (Fsp3) is 0.417. The van der Waals surface area contributed by atoms with Crippen molar-refractivity contribution in [2.24, 2.45) is 0 Å². The van der Waals surface area contributed by atoms with E-state index in [1.807, 2.05) is 0 Å². The van der Waals surface area contributed by atoms with Crippen molar-refractivity contribution in [1.29, 1.82) is 0 Å². The van der Waals surface area contributed by atoms with Gasteiger partial charge in [-0.1, -0.05) is 17.7 Å². The van der Waals surface area contributed by atoms with Gasteiger partial charge in [0, 0.05) is 17.3 Å². The van der Waals surface area contributed by atoms with Gasteiger partial charge in [-0.05, 0) is 31.0 Å². The van der Waals surface area contributed by atoms with E-state index in [1.54, 1.807) is 24.3 Å². The molecule has 0 aromatic heterocycles. The summed E-state index contributed by atoms with van der Waals surface area (Å²) in [6, 6.07) is 7.04. The highest BCUT2D eigenvalue weighted by molar-refractivity contribution is 6.30. The van der Waals surface area contributed by atoms with Crippen molar-refractivity contribution in [3.63, 3.8) is 0 Å². The summed E-state index contributed by atoms with van der Waals surface area (Å²) in [7, 11) is 0. The summed E-state index contributed by atoms with van der Waals surface area (Å²) in [5.41, 5.74) is -0.339. The van der Waals surface area contributed by atoms with Gasteiger partial charge in [0.05, 0.1) is 6.61 Å². The summed E-state index contributed by atoms with van der Waals surface area (Å²) in [6.07, 6.45) is 1.29. The first-order valence-electron chi connectivity index (χ1n) is 5.47. The lowest BCUT2D eigenvalue weighted by Gasteiger charge is -2.34. The van der Waals surface area contributed by atoms with Crippen LogP contribution in [0.25, 0.3) is 0 Å². The van der Waals surface area contributed by atoms with Crippen molar-refractivity contribution in [1.82, 2.24) is 0 Å². The van der Waals surface area contributed by atoms with Gasteiger partial charge >= 0.3 is 5.97 Å². The quantitative estimate of drug-likeness (QED) is 0.871. The Bertz CT molecular complexity index is 416. The molecule has 1 atom stereocenters. The molecule has 1 aromatic carbocycles. The Labute approximate surface area is 105 Å². The van der Waals surface area contributed by atoms with Crippen LogP contribution in [0.4, 0.5) is 5.69 Å². The van der Waals surface area contributed by atoms with E-state index in [9.17, 15) is 9.90 Å². The second-order valence-electron chi connectivity index (χ2n) is 4.18. The second kappa shape index (κ2) is 4.94. The number of nitrogens with one attached hydrogen (secondary N) is 1. The summed E-state index contributed by atoms with van der Waals surface area (Å²) in [6.45, 7) is 0.793. The van der Waals surface area contributed by atoms with Gasteiger partial charge in [-0.2, -0.15) is 0 Å². The lowest BCUT2D eigenvalue weighted by Crippen LogP contribution is -2.52. The Morgan fingerprint density at radius 3 is 2.94 bits per heavy atom. The highest BCUT2D eigenvalue weighted by Crippen LogP contribution is 2.26. The Hall–Kier alpha value is -1.26. The molecule has 0 saturated carbocycles. The van der Waals surface area contributed by atoms with E-state index in [0.717, 1.165) is 6.42 Å². The molecule has 0 amide bonds. The first-order valence-corrected chi connectivity index (χ1v) is 5.85. The van der Waals surface area contributed by atoms with Gasteiger partial charge in [-0.3, -0.25) is 0 Å². The van der Waals surface area contributed by atoms with Crippen LogP contribution < -0.4 is 5.32 Å². The van der Waals surface area contributed by atoms with Crippen molar-refractivity contribution in [3.8, 4) is 0 Å². The number of anilines is 1. The standard InChI is InChI=1S/C12H14ClNO3/c13-9-3-1-4-10(7-9)14-12(11(15)16)5-2-6-17-8-12/h1,3-4,7,14H,2,5-6,8H2,(H,15,16). The van der Waals surface area contributed by atoms with Gasteiger partial charge in [0.15, 0.2) is 5.54 Å². The molecule has 0 aliphatic carbocycles. The van der Waals surface area contributed by atoms with E-state index in [1.165, 1.54) is 0 Å². The minimum atomic E-state index is -1.04. The van der Waals surface area contributed by atoms with E-state index in [4.69, 9.17) is 16.3 Å². The van der Waals surface area contributed by atoms with Crippen LogP contribution in [0.15, 0.2) is 24.3 Å². The van der Waals surface area contributed by atoms with Crippen molar-refractivity contribution in [3.05, 3.63) is 29.3 Å². The van der Waals surface area contributed by atoms with Crippen LogP contribution in [0.5, 0.6) is 0 Å². The molecule has 0 bridgehead atoms. The topological polar surface area (TPSA) is 58.6 Å². The average Bonchev–Trinajstić information content (AvgIpc) is 2.30. The molecule has 17 heavy (non-hydrogen) atoms. The highest BCUT2D eigenvalue weighted by atomic mass is 35.5. The predicted octanol–water partition coefficient (Wildman–Crippen LogP) is 2.39. The molecule has 4 nitrogen and oxygen atoms in total. The molecule has 1 aliphatic rings. The fourth-order valence-electron chi connectivity index (χ4n) is 1.96. The molecular formula is C12H14ClNO3. The van der Waals surface area contributed by atoms with Crippen LogP contribution in [-0.4, -0.2) is 29.8 Å². The predicted molar refractivity (Wildman–Crippen MR) is 65.5 cm³/mol. The van der Waals surface area contributed by atoms with Gasteiger partial charge in [0.1, 0.15) is 0 Å². The van der Waals surface area contributed by atoms with Crippen LogP contribution in [0.1, 0.15) is 12.8 Å². The van der Waals surface area contributed by atoms with Crippen LogP contribution in [-0.2, 0) is 9.53 Å². The lowest BCUT2D eigenvalue weighted by molar-refractivity contribution is -0.146. The third-order valence-corrected chi connectivity index (χ3v) is 3.09. The minimum absolute atomic E-state index is 0.175. The summed E-state index contributed by atoms with van der Waals surface area (Å²) < 4.78 is 5.27. The van der Waals surface area contributed by atoms with E-state index in [0.29, 0.717) is 23.7 Å². The molecule has 1 aromatic rings. The molecule has 5 heteroatoms. The first kappa shape index (κ1) is 12.2. The summed E-state index contributed by atoms with van der Waals surface area (Å²) in [5.74, 6) is -0.892. The van der Waals surface area contributed by atoms with Crippen molar-refractivity contribution >= 4 is 23.3 Å². The zero-order valence-corrected chi connectivity index (χ0v) is 10.0. The molecule has 2 N–H and O–H groups in total. The van der Waals surface area contributed by atoms with Gasteiger partial charge in [-0.15, -0.1) is 0 Å². The minimum Gasteiger partial charge on any atom is -0.479 e. The third-order valence-electron chi connectivity index (χ3n) is 2.86. The summed E-state index contributed by atoms with van der Waals surface area (Å²) in [5, 5.41) is 12.9. The molecular weight excluding hydrogens is 242 g/mol. The Morgan fingerprint density at radius 2 is 2.35 bits per heavy atom. The van der Waals surface area contributed by atoms with E-state index in [2.05, 4.69) is 5.32 Å². The molecule has 2 rings (SSSR count). The highest BCUT2D eigenvalue weighted by Gasteiger charge is 2.40. The zero-order chi connectivity index (χ0) is 12.3. The number of hydrogen-bond acceptors (Lipinski definition) is 3. The van der Waals surface area contributed by atoms with Gasteiger partial charge in [0.2, 0.25) is 0 Å². The molecule has 0 radical (unpaired) electrons. The number of halogens is 1. The summed E-state index contributed by atoms with van der Waals surface area (Å²) in [4.78, 5) is 11.4. The van der Waals surface area contributed by atoms with Gasteiger partial charge < -0.3 is 15.2 Å². The van der Waals surface area contributed by atoms with Crippen LogP contribution in [0.2, 0.25) is 5.02 Å². The fourth-order valence-corrected chi connectivity index (χ4v) is 2.15. The number of carbonyl (C=O) groups is 1. The van der Waals surface area contributed by atoms with Crippen molar-refractivity contribution in [2.45, 2.75) is 18.4 Å². The summed E-state index contributed by atoms with van der Waals surface area (Å²) >= 11 is 5.87. The molecule has 1 heterocycles. The number of ether oxygens (including phenoxy) is 1. The SMILES string of the molecule is O=C(O)C1(Nc2cccc(Cl)c2)CCCOC1. The van der Waals surface area contributed by atoms with Crippen molar-refractivity contribution in [2.75, 3.05) is 18.5 Å². The first-order chi connectivity index (χ1) is 8.12. The molecule has 92 valence electrons. The number of aliphatic carboxylic acids is 1. The Morgan fingerprint density at radius 1 is 1.53 bits per heavy atom. The maximum atomic E-state index is 11.4. The maximum absolute atomic E-state index is 11.4. The number of hydrogen-bond donors (Lipinski definition) is 2. The zero-order valence-electron chi connectivity index (χ0n) is 9.28. The molecule has 1 unspecified atom stereocenters. The van der Waals surface area contributed by atoms with E-state index >= 15 is 0 Å².